The Balaban J connectivity index is 2.37. The van der Waals surface area contributed by atoms with E-state index in [0.29, 0.717) is 23.8 Å². The second kappa shape index (κ2) is 4.77. The molecule has 0 radical (unpaired) electrons. The minimum atomic E-state index is -0.471. The molecule has 1 aliphatic carbocycles. The Morgan fingerprint density at radius 1 is 1.41 bits per heavy atom. The first kappa shape index (κ1) is 12.0. The van der Waals surface area contributed by atoms with Gasteiger partial charge in [-0.3, -0.25) is 4.79 Å². The maximum atomic E-state index is 11.4. The lowest BCUT2D eigenvalue weighted by molar-refractivity contribution is 0.1000. The zero-order chi connectivity index (χ0) is 12.4. The predicted molar refractivity (Wildman–Crippen MR) is 66.7 cm³/mol. The third-order valence-corrected chi connectivity index (χ3v) is 3.52. The summed E-state index contributed by atoms with van der Waals surface area (Å²) in [5.41, 5.74) is 12.5. The molecular weight excluding hydrogens is 216 g/mol. The van der Waals surface area contributed by atoms with Crippen molar-refractivity contribution in [3.63, 3.8) is 0 Å². The fraction of sp³-hybridized carbons (Fsp3) is 0.667. The Bertz CT molecular complexity index is 418. The van der Waals surface area contributed by atoms with Gasteiger partial charge in [-0.15, -0.1) is 0 Å². The van der Waals surface area contributed by atoms with E-state index in [-0.39, 0.29) is 0 Å². The highest BCUT2D eigenvalue weighted by Crippen LogP contribution is 2.31. The van der Waals surface area contributed by atoms with E-state index in [1.807, 2.05) is 11.6 Å². The molecule has 1 fully saturated rings. The first-order chi connectivity index (χ1) is 8.15. The van der Waals surface area contributed by atoms with E-state index in [9.17, 15) is 4.79 Å². The van der Waals surface area contributed by atoms with Crippen LogP contribution in [0.3, 0.4) is 0 Å². The molecule has 0 unspecified atom stereocenters. The van der Waals surface area contributed by atoms with Crippen molar-refractivity contribution in [2.45, 2.75) is 51.5 Å². The van der Waals surface area contributed by atoms with Crippen LogP contribution >= 0.6 is 0 Å². The van der Waals surface area contributed by atoms with Crippen LogP contribution in [-0.2, 0) is 6.42 Å². The Hall–Kier alpha value is -1.52. The van der Waals surface area contributed by atoms with E-state index < -0.39 is 5.91 Å². The van der Waals surface area contributed by atoms with Crippen LogP contribution in [0.5, 0.6) is 0 Å². The molecule has 17 heavy (non-hydrogen) atoms. The maximum Gasteiger partial charge on any atom is 0.254 e. The fourth-order valence-corrected chi connectivity index (χ4v) is 2.62. The van der Waals surface area contributed by atoms with Crippen molar-refractivity contribution in [2.24, 2.45) is 5.73 Å². The minimum Gasteiger partial charge on any atom is -0.383 e. The van der Waals surface area contributed by atoms with E-state index >= 15 is 0 Å². The summed E-state index contributed by atoms with van der Waals surface area (Å²) in [4.78, 5) is 11.4. The molecule has 2 rings (SSSR count). The Morgan fingerprint density at radius 2 is 2.06 bits per heavy atom. The van der Waals surface area contributed by atoms with Crippen molar-refractivity contribution in [3.8, 4) is 0 Å². The lowest BCUT2D eigenvalue weighted by atomic mass is 9.95. The molecule has 4 N–H and O–H groups in total. The molecule has 1 amide bonds. The van der Waals surface area contributed by atoms with Crippen molar-refractivity contribution >= 4 is 11.7 Å². The quantitative estimate of drug-likeness (QED) is 0.836. The fourth-order valence-electron chi connectivity index (χ4n) is 2.62. The minimum absolute atomic E-state index is 0.335. The van der Waals surface area contributed by atoms with Crippen molar-refractivity contribution in [1.29, 1.82) is 0 Å². The van der Waals surface area contributed by atoms with Crippen LogP contribution < -0.4 is 11.5 Å². The Labute approximate surface area is 101 Å². The monoisotopic (exact) mass is 236 g/mol. The van der Waals surface area contributed by atoms with Crippen molar-refractivity contribution in [1.82, 2.24) is 9.78 Å². The largest absolute Gasteiger partial charge is 0.383 e. The SMILES string of the molecule is CCc1nn(C2CCCCC2)c(N)c1C(N)=O. The summed E-state index contributed by atoms with van der Waals surface area (Å²) in [6, 6.07) is 0.335. The van der Waals surface area contributed by atoms with Gasteiger partial charge in [0.1, 0.15) is 11.4 Å². The third-order valence-electron chi connectivity index (χ3n) is 3.52. The van der Waals surface area contributed by atoms with Crippen molar-refractivity contribution in [3.05, 3.63) is 11.3 Å². The van der Waals surface area contributed by atoms with Gasteiger partial charge >= 0.3 is 0 Å². The average molecular weight is 236 g/mol. The molecule has 94 valence electrons. The molecule has 0 aromatic carbocycles. The highest BCUT2D eigenvalue weighted by atomic mass is 16.1. The number of nitrogen functional groups attached to an aromatic ring is 1. The summed E-state index contributed by atoms with van der Waals surface area (Å²) in [6.45, 7) is 1.96. The summed E-state index contributed by atoms with van der Waals surface area (Å²) in [5.74, 6) is -0.0253. The lowest BCUT2D eigenvalue weighted by Gasteiger charge is -2.22. The van der Waals surface area contributed by atoms with Gasteiger partial charge in [-0.05, 0) is 19.3 Å². The van der Waals surface area contributed by atoms with Crippen LogP contribution in [0.2, 0.25) is 0 Å². The molecule has 0 spiro atoms. The number of rotatable bonds is 3. The lowest BCUT2D eigenvalue weighted by Crippen LogP contribution is -2.18. The number of carbonyl (C=O) groups excluding carboxylic acids is 1. The smallest absolute Gasteiger partial charge is 0.254 e. The predicted octanol–water partition coefficient (Wildman–Crippen LogP) is 1.63. The molecule has 1 aromatic heterocycles. The van der Waals surface area contributed by atoms with E-state index in [4.69, 9.17) is 11.5 Å². The number of hydrogen-bond donors (Lipinski definition) is 2. The molecule has 1 aliphatic rings. The molecule has 1 heterocycles. The van der Waals surface area contributed by atoms with Crippen LogP contribution in [0.4, 0.5) is 5.82 Å². The van der Waals surface area contributed by atoms with Gasteiger partial charge in [0, 0.05) is 0 Å². The normalized spacial score (nSPS) is 17.2. The molecular formula is C12H20N4O. The number of primary amides is 1. The van der Waals surface area contributed by atoms with Crippen LogP contribution in [0.25, 0.3) is 0 Å². The molecule has 0 bridgehead atoms. The summed E-state index contributed by atoms with van der Waals surface area (Å²) in [6.07, 6.45) is 6.55. The first-order valence-electron chi connectivity index (χ1n) is 6.31. The zero-order valence-corrected chi connectivity index (χ0v) is 10.3. The van der Waals surface area contributed by atoms with E-state index in [0.717, 1.165) is 18.5 Å². The van der Waals surface area contributed by atoms with Crippen LogP contribution in [0.1, 0.15) is 61.1 Å². The van der Waals surface area contributed by atoms with Gasteiger partial charge in [0.25, 0.3) is 5.91 Å². The van der Waals surface area contributed by atoms with Gasteiger partial charge in [0.15, 0.2) is 0 Å². The second-order valence-corrected chi connectivity index (χ2v) is 4.66. The molecule has 1 saturated carbocycles. The molecule has 0 saturated heterocycles. The number of aromatic nitrogens is 2. The van der Waals surface area contributed by atoms with E-state index in [1.54, 1.807) is 0 Å². The standard InChI is InChI=1S/C12H20N4O/c1-2-9-10(12(14)17)11(13)16(15-9)8-6-4-3-5-7-8/h8H,2-7,13H2,1H3,(H2,14,17). The first-order valence-corrected chi connectivity index (χ1v) is 6.31. The molecule has 5 heteroatoms. The topological polar surface area (TPSA) is 86.9 Å². The maximum absolute atomic E-state index is 11.4. The number of aryl methyl sites for hydroxylation is 1. The number of nitrogens with zero attached hydrogens (tertiary/aromatic N) is 2. The Morgan fingerprint density at radius 3 is 2.53 bits per heavy atom. The Kier molecular flexibility index (Phi) is 3.36. The van der Waals surface area contributed by atoms with Crippen molar-refractivity contribution in [2.75, 3.05) is 5.73 Å². The molecule has 1 aromatic rings. The number of nitrogens with two attached hydrogens (primary N) is 2. The highest BCUT2D eigenvalue weighted by molar-refractivity contribution is 5.98. The summed E-state index contributed by atoms with van der Waals surface area (Å²) in [5, 5.41) is 4.46. The van der Waals surface area contributed by atoms with Gasteiger partial charge < -0.3 is 11.5 Å². The molecule has 0 atom stereocenters. The highest BCUT2D eigenvalue weighted by Gasteiger charge is 2.24. The summed E-state index contributed by atoms with van der Waals surface area (Å²) < 4.78 is 1.82. The third kappa shape index (κ3) is 2.14. The van der Waals surface area contributed by atoms with Gasteiger partial charge in [-0.1, -0.05) is 26.2 Å². The average Bonchev–Trinajstić information content (AvgIpc) is 2.67. The number of anilines is 1. The molecule has 5 nitrogen and oxygen atoms in total. The summed E-state index contributed by atoms with van der Waals surface area (Å²) in [7, 11) is 0. The van der Waals surface area contributed by atoms with Gasteiger partial charge in [0.2, 0.25) is 0 Å². The second-order valence-electron chi connectivity index (χ2n) is 4.66. The van der Waals surface area contributed by atoms with Crippen LogP contribution in [0.15, 0.2) is 0 Å². The zero-order valence-electron chi connectivity index (χ0n) is 10.3. The summed E-state index contributed by atoms with van der Waals surface area (Å²) >= 11 is 0. The molecule has 0 aliphatic heterocycles. The van der Waals surface area contributed by atoms with E-state index in [2.05, 4.69) is 5.10 Å². The van der Waals surface area contributed by atoms with Crippen LogP contribution in [-0.4, -0.2) is 15.7 Å². The van der Waals surface area contributed by atoms with Crippen LogP contribution in [0, 0.1) is 0 Å². The van der Waals surface area contributed by atoms with E-state index in [1.165, 1.54) is 19.3 Å². The van der Waals surface area contributed by atoms with Gasteiger partial charge in [-0.25, -0.2) is 4.68 Å². The number of amides is 1. The number of hydrogen-bond acceptors (Lipinski definition) is 3. The number of carbonyl (C=O) groups is 1. The van der Waals surface area contributed by atoms with Gasteiger partial charge in [-0.2, -0.15) is 5.10 Å². The van der Waals surface area contributed by atoms with Crippen molar-refractivity contribution < 1.29 is 4.79 Å². The van der Waals surface area contributed by atoms with Gasteiger partial charge in [0.05, 0.1) is 11.7 Å².